The largest absolute Gasteiger partial charge is 0.478 e. The molecule has 1 N–H and O–H groups in total. The Hall–Kier alpha value is -3.02. The van der Waals surface area contributed by atoms with Crippen LogP contribution in [0.15, 0.2) is 48.7 Å². The lowest BCUT2D eigenvalue weighted by molar-refractivity contribution is -0.115. The van der Waals surface area contributed by atoms with E-state index in [0.29, 0.717) is 5.69 Å². The van der Waals surface area contributed by atoms with Crippen molar-refractivity contribution >= 4 is 23.5 Å². The summed E-state index contributed by atoms with van der Waals surface area (Å²) in [4.78, 5) is 24.0. The lowest BCUT2D eigenvalue weighted by Gasteiger charge is -2.19. The zero-order chi connectivity index (χ0) is 17.7. The molecule has 24 heavy (non-hydrogen) atoms. The molecule has 2 aromatic carbocycles. The van der Waals surface area contributed by atoms with Gasteiger partial charge in [-0.25, -0.2) is 13.6 Å². The number of carbonyl (C=O) groups excluding carboxylic acids is 1. The van der Waals surface area contributed by atoms with Crippen LogP contribution in [-0.2, 0) is 4.79 Å². The highest BCUT2D eigenvalue weighted by Crippen LogP contribution is 2.19. The fraction of sp³-hybridized carbons (Fsp3) is 0.111. The summed E-state index contributed by atoms with van der Waals surface area (Å²) in [5.41, 5.74) is 0.700. The summed E-state index contributed by atoms with van der Waals surface area (Å²) >= 11 is 0. The smallest absolute Gasteiger partial charge is 0.335 e. The predicted molar refractivity (Wildman–Crippen MR) is 86.8 cm³/mol. The van der Waals surface area contributed by atoms with Crippen molar-refractivity contribution in [2.75, 3.05) is 11.4 Å². The summed E-state index contributed by atoms with van der Waals surface area (Å²) in [7, 11) is 0. The minimum absolute atomic E-state index is 0.0115. The molecule has 0 aromatic heterocycles. The third-order valence-electron chi connectivity index (χ3n) is 3.21. The number of halogens is 2. The molecule has 6 heteroatoms. The summed E-state index contributed by atoms with van der Waals surface area (Å²) in [6.07, 6.45) is 2.85. The Kier molecular flexibility index (Phi) is 5.42. The minimum Gasteiger partial charge on any atom is -0.478 e. The molecular weight excluding hydrogens is 316 g/mol. The second-order valence-corrected chi connectivity index (χ2v) is 5.17. The van der Waals surface area contributed by atoms with E-state index in [-0.39, 0.29) is 23.5 Å². The van der Waals surface area contributed by atoms with Crippen LogP contribution in [0.4, 0.5) is 14.5 Å². The molecule has 2 rings (SSSR count). The van der Waals surface area contributed by atoms with Crippen LogP contribution in [0.25, 0.3) is 6.08 Å². The summed E-state index contributed by atoms with van der Waals surface area (Å²) in [5.74, 6) is -2.65. The first kappa shape index (κ1) is 17.3. The Morgan fingerprint density at radius 1 is 1.17 bits per heavy atom. The van der Waals surface area contributed by atoms with E-state index in [1.807, 2.05) is 0 Å². The highest BCUT2D eigenvalue weighted by atomic mass is 19.1. The Morgan fingerprint density at radius 2 is 1.92 bits per heavy atom. The fourth-order valence-corrected chi connectivity index (χ4v) is 2.09. The maximum atomic E-state index is 13.7. The van der Waals surface area contributed by atoms with Gasteiger partial charge in [0.2, 0.25) is 0 Å². The molecule has 0 aliphatic rings. The first-order valence-electron chi connectivity index (χ1n) is 7.09. The number of benzene rings is 2. The molecule has 0 radical (unpaired) electrons. The van der Waals surface area contributed by atoms with Crippen molar-refractivity contribution in [3.05, 3.63) is 71.4 Å². The lowest BCUT2D eigenvalue weighted by Crippen LogP contribution is -2.23. The van der Waals surface area contributed by atoms with E-state index in [1.165, 1.54) is 42.3 Å². The van der Waals surface area contributed by atoms with Gasteiger partial charge in [-0.3, -0.25) is 4.79 Å². The Labute approximate surface area is 137 Å². The van der Waals surface area contributed by atoms with Gasteiger partial charge >= 0.3 is 5.97 Å². The average Bonchev–Trinajstić information content (AvgIpc) is 2.52. The van der Waals surface area contributed by atoms with Crippen LogP contribution in [0.5, 0.6) is 0 Å². The van der Waals surface area contributed by atoms with Crippen LogP contribution in [0.1, 0.15) is 22.8 Å². The van der Waals surface area contributed by atoms with Gasteiger partial charge in [0.05, 0.1) is 12.1 Å². The van der Waals surface area contributed by atoms with Crippen molar-refractivity contribution in [3.8, 4) is 0 Å². The van der Waals surface area contributed by atoms with Crippen molar-refractivity contribution in [1.29, 1.82) is 0 Å². The van der Waals surface area contributed by atoms with E-state index in [0.717, 1.165) is 12.1 Å². The van der Waals surface area contributed by atoms with Crippen molar-refractivity contribution in [3.63, 3.8) is 0 Å². The first-order chi connectivity index (χ1) is 11.4. The maximum absolute atomic E-state index is 13.7. The van der Waals surface area contributed by atoms with Gasteiger partial charge in [-0.15, -0.1) is 0 Å². The van der Waals surface area contributed by atoms with Gasteiger partial charge in [-0.05, 0) is 43.3 Å². The van der Waals surface area contributed by atoms with Gasteiger partial charge in [-0.2, -0.15) is 0 Å². The van der Waals surface area contributed by atoms with Crippen LogP contribution in [-0.4, -0.2) is 23.4 Å². The molecule has 0 atom stereocenters. The van der Waals surface area contributed by atoms with E-state index in [1.54, 1.807) is 12.1 Å². The number of hydrogen-bond donors (Lipinski definition) is 1. The number of Topliss-reactive ketones (excluding diaryl/α,β-unsaturated/α-hetero) is 1. The van der Waals surface area contributed by atoms with E-state index < -0.39 is 17.6 Å². The highest BCUT2D eigenvalue weighted by Gasteiger charge is 2.10. The van der Waals surface area contributed by atoms with Crippen LogP contribution < -0.4 is 4.90 Å². The molecule has 0 unspecified atom stereocenters. The average molecular weight is 331 g/mol. The van der Waals surface area contributed by atoms with Gasteiger partial charge in [0.1, 0.15) is 17.4 Å². The number of carbonyl (C=O) groups is 2. The molecule has 0 heterocycles. The van der Waals surface area contributed by atoms with Crippen LogP contribution >= 0.6 is 0 Å². The Bertz CT molecular complexity index is 803. The molecule has 0 aliphatic heterocycles. The molecule has 0 bridgehead atoms. The van der Waals surface area contributed by atoms with Crippen molar-refractivity contribution < 1.29 is 23.5 Å². The van der Waals surface area contributed by atoms with Crippen molar-refractivity contribution in [1.82, 2.24) is 0 Å². The van der Waals surface area contributed by atoms with Gasteiger partial charge in [-0.1, -0.05) is 6.07 Å². The maximum Gasteiger partial charge on any atom is 0.335 e. The monoisotopic (exact) mass is 331 g/mol. The highest BCUT2D eigenvalue weighted by molar-refractivity contribution is 5.89. The van der Waals surface area contributed by atoms with Gasteiger partial charge in [0.15, 0.2) is 0 Å². The van der Waals surface area contributed by atoms with E-state index in [9.17, 15) is 18.4 Å². The topological polar surface area (TPSA) is 57.6 Å². The molecule has 0 spiro atoms. The predicted octanol–water partition coefficient (Wildman–Crippen LogP) is 3.73. The second kappa shape index (κ2) is 7.50. The number of anilines is 1. The third-order valence-corrected chi connectivity index (χ3v) is 3.21. The minimum atomic E-state index is -1.09. The number of carboxylic acids is 1. The number of aromatic carboxylic acids is 1. The molecule has 4 nitrogen and oxygen atoms in total. The SMILES string of the molecule is CC(=O)CN(C=Cc1ccc(F)cc1F)c1cccc(C(=O)O)c1. The van der Waals surface area contributed by atoms with E-state index in [2.05, 4.69) is 0 Å². The molecular formula is C18H15F2NO3. The van der Waals surface area contributed by atoms with Gasteiger partial charge in [0.25, 0.3) is 0 Å². The molecule has 0 fully saturated rings. The zero-order valence-electron chi connectivity index (χ0n) is 12.9. The summed E-state index contributed by atoms with van der Waals surface area (Å²) in [5, 5.41) is 9.05. The summed E-state index contributed by atoms with van der Waals surface area (Å²) in [6.45, 7) is 1.38. The lowest BCUT2D eigenvalue weighted by atomic mass is 10.1. The van der Waals surface area contributed by atoms with Crippen LogP contribution in [0.3, 0.4) is 0 Å². The molecule has 0 saturated carbocycles. The van der Waals surface area contributed by atoms with Crippen LogP contribution in [0.2, 0.25) is 0 Å². The van der Waals surface area contributed by atoms with Crippen molar-refractivity contribution in [2.45, 2.75) is 6.92 Å². The molecule has 124 valence electrons. The Morgan fingerprint density at radius 3 is 2.54 bits per heavy atom. The molecule has 2 aromatic rings. The summed E-state index contributed by atoms with van der Waals surface area (Å²) < 4.78 is 26.6. The molecule has 0 saturated heterocycles. The summed E-state index contributed by atoms with van der Waals surface area (Å²) in [6, 6.07) is 9.21. The first-order valence-corrected chi connectivity index (χ1v) is 7.09. The number of carboxylic acid groups (broad SMARTS) is 1. The number of ketones is 1. The molecule has 0 amide bonds. The van der Waals surface area contributed by atoms with E-state index >= 15 is 0 Å². The van der Waals surface area contributed by atoms with Crippen molar-refractivity contribution in [2.24, 2.45) is 0 Å². The van der Waals surface area contributed by atoms with Gasteiger partial charge in [0, 0.05) is 23.5 Å². The second-order valence-electron chi connectivity index (χ2n) is 5.17. The molecule has 0 aliphatic carbocycles. The zero-order valence-corrected chi connectivity index (χ0v) is 12.9. The Balaban J connectivity index is 2.34. The fourth-order valence-electron chi connectivity index (χ4n) is 2.09. The third kappa shape index (κ3) is 4.49. The standard InChI is InChI=1S/C18H15F2NO3/c1-12(22)11-21(16-4-2-3-14(9-16)18(23)24)8-7-13-5-6-15(19)10-17(13)20/h2-10H,11H2,1H3,(H,23,24). The van der Waals surface area contributed by atoms with Gasteiger partial charge < -0.3 is 10.0 Å². The number of nitrogens with zero attached hydrogens (tertiary/aromatic N) is 1. The normalized spacial score (nSPS) is 10.8. The quantitative estimate of drug-likeness (QED) is 0.876. The van der Waals surface area contributed by atoms with Crippen LogP contribution in [0, 0.1) is 11.6 Å². The number of rotatable bonds is 6. The number of hydrogen-bond acceptors (Lipinski definition) is 3. The van der Waals surface area contributed by atoms with E-state index in [4.69, 9.17) is 5.11 Å².